The summed E-state index contributed by atoms with van der Waals surface area (Å²) in [7, 11) is 0. The second kappa shape index (κ2) is 7.92. The summed E-state index contributed by atoms with van der Waals surface area (Å²) < 4.78 is 11.1. The van der Waals surface area contributed by atoms with E-state index in [-0.39, 0.29) is 17.6 Å². The average Bonchev–Trinajstić information content (AvgIpc) is 3.12. The zero-order valence-electron chi connectivity index (χ0n) is 14.8. The van der Waals surface area contributed by atoms with E-state index in [1.54, 1.807) is 4.90 Å². The SMILES string of the molecule is O=C(CSc1ccc2c(c1)OCCO2)Nc1cccc(N2CCCC2=O)c1. The van der Waals surface area contributed by atoms with E-state index in [1.165, 1.54) is 11.8 Å². The third kappa shape index (κ3) is 4.19. The van der Waals surface area contributed by atoms with E-state index in [1.807, 2.05) is 42.5 Å². The van der Waals surface area contributed by atoms with Gasteiger partial charge in [0.25, 0.3) is 0 Å². The van der Waals surface area contributed by atoms with Crippen LogP contribution in [0.3, 0.4) is 0 Å². The Balaban J connectivity index is 1.35. The van der Waals surface area contributed by atoms with Gasteiger partial charge in [-0.3, -0.25) is 9.59 Å². The number of rotatable bonds is 5. The molecule has 0 saturated carbocycles. The van der Waals surface area contributed by atoms with Crippen LogP contribution in [0.4, 0.5) is 11.4 Å². The maximum atomic E-state index is 12.3. The highest BCUT2D eigenvalue weighted by Crippen LogP contribution is 2.34. The molecule has 4 rings (SSSR count). The monoisotopic (exact) mass is 384 g/mol. The molecule has 0 aliphatic carbocycles. The molecule has 0 radical (unpaired) electrons. The number of thioether (sulfide) groups is 1. The van der Waals surface area contributed by atoms with Gasteiger partial charge in [-0.15, -0.1) is 11.8 Å². The van der Waals surface area contributed by atoms with Crippen LogP contribution >= 0.6 is 11.8 Å². The van der Waals surface area contributed by atoms with Crippen molar-refractivity contribution in [3.8, 4) is 11.5 Å². The van der Waals surface area contributed by atoms with Crippen molar-refractivity contribution in [1.82, 2.24) is 0 Å². The molecule has 0 atom stereocenters. The van der Waals surface area contributed by atoms with Crippen LogP contribution in [0.25, 0.3) is 0 Å². The summed E-state index contributed by atoms with van der Waals surface area (Å²) in [5, 5.41) is 2.90. The maximum absolute atomic E-state index is 12.3. The Morgan fingerprint density at radius 2 is 1.96 bits per heavy atom. The van der Waals surface area contributed by atoms with E-state index in [4.69, 9.17) is 9.47 Å². The number of amides is 2. The van der Waals surface area contributed by atoms with Crippen LogP contribution in [0, 0.1) is 0 Å². The summed E-state index contributed by atoms with van der Waals surface area (Å²) in [4.78, 5) is 26.9. The Labute approximate surface area is 161 Å². The molecule has 0 aromatic heterocycles. The van der Waals surface area contributed by atoms with E-state index in [9.17, 15) is 9.59 Å². The molecule has 1 saturated heterocycles. The highest BCUT2D eigenvalue weighted by Gasteiger charge is 2.21. The van der Waals surface area contributed by atoms with Crippen molar-refractivity contribution in [2.45, 2.75) is 17.7 Å². The summed E-state index contributed by atoms with van der Waals surface area (Å²) in [6, 6.07) is 13.1. The molecule has 2 aliphatic rings. The zero-order chi connectivity index (χ0) is 18.6. The molecule has 6 nitrogen and oxygen atoms in total. The van der Waals surface area contributed by atoms with Crippen molar-refractivity contribution in [2.24, 2.45) is 0 Å². The number of benzene rings is 2. The number of anilines is 2. The largest absolute Gasteiger partial charge is 0.486 e. The lowest BCUT2D eigenvalue weighted by molar-refractivity contribution is -0.117. The van der Waals surface area contributed by atoms with Crippen LogP contribution in [0.15, 0.2) is 47.4 Å². The number of fused-ring (bicyclic) bond motifs is 1. The lowest BCUT2D eigenvalue weighted by Crippen LogP contribution is -2.23. The van der Waals surface area contributed by atoms with E-state index >= 15 is 0 Å². The average molecular weight is 384 g/mol. The third-order valence-corrected chi connectivity index (χ3v) is 5.39. The number of hydrogen-bond acceptors (Lipinski definition) is 5. The van der Waals surface area contributed by atoms with Gasteiger partial charge >= 0.3 is 0 Å². The lowest BCUT2D eigenvalue weighted by Gasteiger charge is -2.18. The number of ether oxygens (including phenoxy) is 2. The number of carbonyl (C=O) groups is 2. The Morgan fingerprint density at radius 1 is 1.11 bits per heavy atom. The van der Waals surface area contributed by atoms with Gasteiger partial charge in [0.15, 0.2) is 11.5 Å². The minimum absolute atomic E-state index is 0.0974. The minimum atomic E-state index is -0.0974. The van der Waals surface area contributed by atoms with Crippen LogP contribution in [0.5, 0.6) is 11.5 Å². The fourth-order valence-electron chi connectivity index (χ4n) is 3.13. The quantitative estimate of drug-likeness (QED) is 0.801. The van der Waals surface area contributed by atoms with Crippen molar-refractivity contribution < 1.29 is 19.1 Å². The van der Waals surface area contributed by atoms with Crippen LogP contribution in [-0.4, -0.2) is 37.3 Å². The molecule has 27 heavy (non-hydrogen) atoms. The van der Waals surface area contributed by atoms with Crippen molar-refractivity contribution in [3.05, 3.63) is 42.5 Å². The Morgan fingerprint density at radius 3 is 2.78 bits per heavy atom. The molecule has 2 heterocycles. The van der Waals surface area contributed by atoms with E-state index in [0.717, 1.165) is 35.0 Å². The molecule has 0 spiro atoms. The predicted molar refractivity (Wildman–Crippen MR) is 105 cm³/mol. The second-order valence-electron chi connectivity index (χ2n) is 6.34. The van der Waals surface area contributed by atoms with Crippen LogP contribution in [0.1, 0.15) is 12.8 Å². The minimum Gasteiger partial charge on any atom is -0.486 e. The van der Waals surface area contributed by atoms with Gasteiger partial charge in [0, 0.05) is 29.2 Å². The molecule has 2 amide bonds. The fraction of sp³-hybridized carbons (Fsp3) is 0.300. The van der Waals surface area contributed by atoms with Gasteiger partial charge in [0.2, 0.25) is 11.8 Å². The Bertz CT molecular complexity index is 871. The van der Waals surface area contributed by atoms with Crippen LogP contribution < -0.4 is 19.7 Å². The highest BCUT2D eigenvalue weighted by molar-refractivity contribution is 8.00. The Kier molecular flexibility index (Phi) is 5.20. The van der Waals surface area contributed by atoms with Crippen molar-refractivity contribution >= 4 is 35.0 Å². The molecule has 2 aliphatic heterocycles. The van der Waals surface area contributed by atoms with E-state index in [0.29, 0.717) is 25.3 Å². The first-order valence-electron chi connectivity index (χ1n) is 8.92. The fourth-order valence-corrected chi connectivity index (χ4v) is 3.86. The Hall–Kier alpha value is -2.67. The maximum Gasteiger partial charge on any atom is 0.234 e. The van der Waals surface area contributed by atoms with Gasteiger partial charge in [-0.05, 0) is 42.8 Å². The molecular weight excluding hydrogens is 364 g/mol. The highest BCUT2D eigenvalue weighted by atomic mass is 32.2. The van der Waals surface area contributed by atoms with Crippen molar-refractivity contribution in [1.29, 1.82) is 0 Å². The number of carbonyl (C=O) groups excluding carboxylic acids is 2. The van der Waals surface area contributed by atoms with Crippen LogP contribution in [-0.2, 0) is 9.59 Å². The molecular formula is C20H20N2O4S. The molecule has 7 heteroatoms. The molecule has 2 aromatic carbocycles. The summed E-state index contributed by atoms with van der Waals surface area (Å²) in [5.41, 5.74) is 1.52. The summed E-state index contributed by atoms with van der Waals surface area (Å²) >= 11 is 1.44. The summed E-state index contributed by atoms with van der Waals surface area (Å²) in [6.45, 7) is 1.83. The van der Waals surface area contributed by atoms with Crippen molar-refractivity contribution in [2.75, 3.05) is 35.7 Å². The standard InChI is InChI=1S/C20H20N2O4S/c23-19(13-27-16-6-7-17-18(12-16)26-10-9-25-17)21-14-3-1-4-15(11-14)22-8-2-5-20(22)24/h1,3-4,6-7,11-12H,2,5,8-10,13H2,(H,21,23). The van der Waals surface area contributed by atoms with Gasteiger partial charge in [-0.1, -0.05) is 6.07 Å². The normalized spacial score (nSPS) is 15.7. The summed E-state index contributed by atoms with van der Waals surface area (Å²) in [5.74, 6) is 1.78. The number of hydrogen-bond donors (Lipinski definition) is 1. The number of nitrogens with zero attached hydrogens (tertiary/aromatic N) is 1. The molecule has 2 aromatic rings. The van der Waals surface area contributed by atoms with Gasteiger partial charge in [0.1, 0.15) is 13.2 Å². The molecule has 1 fully saturated rings. The molecule has 1 N–H and O–H groups in total. The predicted octanol–water partition coefficient (Wildman–Crippen LogP) is 3.32. The van der Waals surface area contributed by atoms with Crippen molar-refractivity contribution in [3.63, 3.8) is 0 Å². The van der Waals surface area contributed by atoms with Gasteiger partial charge in [0.05, 0.1) is 5.75 Å². The van der Waals surface area contributed by atoms with Gasteiger partial charge < -0.3 is 19.7 Å². The van der Waals surface area contributed by atoms with Gasteiger partial charge in [-0.2, -0.15) is 0 Å². The topological polar surface area (TPSA) is 67.9 Å². The lowest BCUT2D eigenvalue weighted by atomic mass is 10.2. The molecule has 0 bridgehead atoms. The van der Waals surface area contributed by atoms with E-state index < -0.39 is 0 Å². The van der Waals surface area contributed by atoms with Gasteiger partial charge in [-0.25, -0.2) is 0 Å². The first-order chi connectivity index (χ1) is 13.2. The molecule has 0 unspecified atom stereocenters. The second-order valence-corrected chi connectivity index (χ2v) is 7.39. The zero-order valence-corrected chi connectivity index (χ0v) is 15.6. The first-order valence-corrected chi connectivity index (χ1v) is 9.90. The summed E-state index contributed by atoms with van der Waals surface area (Å²) in [6.07, 6.45) is 1.46. The molecule has 140 valence electrons. The smallest absolute Gasteiger partial charge is 0.234 e. The first kappa shape index (κ1) is 17.7. The number of nitrogens with one attached hydrogen (secondary N) is 1. The van der Waals surface area contributed by atoms with Crippen LogP contribution in [0.2, 0.25) is 0 Å². The third-order valence-electron chi connectivity index (χ3n) is 4.40. The van der Waals surface area contributed by atoms with E-state index in [2.05, 4.69) is 5.32 Å².